The molecule has 4 atom stereocenters. The van der Waals surface area contributed by atoms with Crippen LogP contribution in [0.3, 0.4) is 0 Å². The Labute approximate surface area is 178 Å². The van der Waals surface area contributed by atoms with Gasteiger partial charge in [-0.25, -0.2) is 0 Å². The summed E-state index contributed by atoms with van der Waals surface area (Å²) in [6.07, 6.45) is 4.16. The maximum Gasteiger partial charge on any atom is 0.407 e. The van der Waals surface area contributed by atoms with E-state index in [-0.39, 0.29) is 23.8 Å². The molecule has 2 fully saturated rings. The maximum atomic E-state index is 13.2. The molecule has 0 aromatic carbocycles. The molecule has 3 aliphatic rings. The number of rotatable bonds is 5. The molecule has 0 saturated carbocycles. The van der Waals surface area contributed by atoms with Crippen molar-refractivity contribution in [3.05, 3.63) is 57.6 Å². The molecule has 3 aliphatic heterocycles. The van der Waals surface area contributed by atoms with Crippen LogP contribution >= 0.6 is 11.3 Å². The van der Waals surface area contributed by atoms with Gasteiger partial charge < -0.3 is 16.4 Å². The van der Waals surface area contributed by atoms with Crippen LogP contribution in [0.15, 0.2) is 47.8 Å². The average molecular weight is 440 g/mol. The Kier molecular flexibility index (Phi) is 5.98. The van der Waals surface area contributed by atoms with Gasteiger partial charge in [-0.05, 0) is 62.8 Å². The number of thiophene rings is 1. The summed E-state index contributed by atoms with van der Waals surface area (Å²) in [7, 11) is 0. The normalized spacial score (nSPS) is 28.7. The van der Waals surface area contributed by atoms with Gasteiger partial charge in [0.25, 0.3) is 0 Å². The van der Waals surface area contributed by atoms with Gasteiger partial charge in [-0.15, -0.1) is 11.3 Å². The van der Waals surface area contributed by atoms with Crippen molar-refractivity contribution in [1.82, 2.24) is 15.1 Å². The van der Waals surface area contributed by atoms with Crippen LogP contribution in [0.5, 0.6) is 0 Å². The van der Waals surface area contributed by atoms with E-state index in [1.165, 1.54) is 22.6 Å². The summed E-state index contributed by atoms with van der Waals surface area (Å²) in [6.45, 7) is 5.36. The Morgan fingerprint density at radius 1 is 1.33 bits per heavy atom. The van der Waals surface area contributed by atoms with E-state index in [2.05, 4.69) is 34.2 Å². The molecule has 5 nitrogen and oxygen atoms in total. The van der Waals surface area contributed by atoms with Gasteiger partial charge in [0.1, 0.15) is 6.04 Å². The van der Waals surface area contributed by atoms with Gasteiger partial charge in [0.15, 0.2) is 0 Å². The third-order valence-corrected chi connectivity index (χ3v) is 7.19. The molecule has 4 unspecified atom stereocenters. The molecule has 4 heterocycles. The van der Waals surface area contributed by atoms with Gasteiger partial charge in [-0.1, -0.05) is 6.08 Å². The van der Waals surface area contributed by atoms with Gasteiger partial charge in [-0.3, -0.25) is 10.2 Å². The minimum absolute atomic E-state index is 0.0356. The van der Waals surface area contributed by atoms with Crippen LogP contribution in [0, 0.1) is 0 Å². The van der Waals surface area contributed by atoms with Gasteiger partial charge in [0, 0.05) is 34.1 Å². The SMILES string of the molecule is CC1NC2C=CC(/C(=C/N)C(N)C(F)(F)F)=CN2C1c1ccc(CN2CCCC2)s1. The van der Waals surface area contributed by atoms with Crippen LogP contribution in [0.25, 0.3) is 0 Å². The highest BCUT2D eigenvalue weighted by Gasteiger charge is 2.42. The first-order valence-corrected chi connectivity index (χ1v) is 11.1. The molecule has 2 saturated heterocycles. The molecule has 1 aromatic heterocycles. The summed E-state index contributed by atoms with van der Waals surface area (Å²) in [5.41, 5.74) is 11.3. The summed E-state index contributed by atoms with van der Waals surface area (Å²) < 4.78 is 39.5. The van der Waals surface area contributed by atoms with Crippen molar-refractivity contribution in [2.75, 3.05) is 13.1 Å². The molecule has 164 valence electrons. The number of halogens is 3. The smallest absolute Gasteiger partial charge is 0.404 e. The van der Waals surface area contributed by atoms with E-state index < -0.39 is 12.2 Å². The Morgan fingerprint density at radius 2 is 2.07 bits per heavy atom. The van der Waals surface area contributed by atoms with E-state index in [0.29, 0.717) is 5.57 Å². The van der Waals surface area contributed by atoms with Gasteiger partial charge >= 0.3 is 6.18 Å². The van der Waals surface area contributed by atoms with Crippen molar-refractivity contribution >= 4 is 11.3 Å². The third kappa shape index (κ3) is 4.16. The fraction of sp³-hybridized carbons (Fsp3) is 0.524. The van der Waals surface area contributed by atoms with Crippen LogP contribution < -0.4 is 16.8 Å². The quantitative estimate of drug-likeness (QED) is 0.657. The van der Waals surface area contributed by atoms with Crippen molar-refractivity contribution in [3.8, 4) is 0 Å². The summed E-state index contributed by atoms with van der Waals surface area (Å²) in [4.78, 5) is 7.07. The van der Waals surface area contributed by atoms with Crippen molar-refractivity contribution < 1.29 is 13.2 Å². The van der Waals surface area contributed by atoms with Crippen molar-refractivity contribution in [2.45, 2.75) is 56.8 Å². The fourth-order valence-electron chi connectivity index (χ4n) is 4.51. The number of fused-ring (bicyclic) bond motifs is 1. The minimum Gasteiger partial charge on any atom is -0.404 e. The van der Waals surface area contributed by atoms with Crippen molar-refractivity contribution in [3.63, 3.8) is 0 Å². The second-order valence-electron chi connectivity index (χ2n) is 8.16. The van der Waals surface area contributed by atoms with Gasteiger partial charge in [-0.2, -0.15) is 13.2 Å². The second-order valence-corrected chi connectivity index (χ2v) is 9.36. The second kappa shape index (κ2) is 8.37. The number of nitrogens with two attached hydrogens (primary N) is 2. The zero-order chi connectivity index (χ0) is 21.5. The highest BCUT2D eigenvalue weighted by Crippen LogP contribution is 2.40. The maximum absolute atomic E-state index is 13.2. The number of nitrogens with one attached hydrogen (secondary N) is 1. The Morgan fingerprint density at radius 3 is 2.73 bits per heavy atom. The van der Waals surface area contributed by atoms with Gasteiger partial charge in [0.2, 0.25) is 0 Å². The third-order valence-electron chi connectivity index (χ3n) is 6.05. The van der Waals surface area contributed by atoms with E-state index in [1.807, 2.05) is 6.08 Å². The number of hydrogen-bond donors (Lipinski definition) is 3. The summed E-state index contributed by atoms with van der Waals surface area (Å²) in [5, 5.41) is 3.51. The lowest BCUT2D eigenvalue weighted by Crippen LogP contribution is -2.41. The van der Waals surface area contributed by atoms with E-state index in [1.54, 1.807) is 23.6 Å². The zero-order valence-electron chi connectivity index (χ0n) is 16.9. The first-order chi connectivity index (χ1) is 14.3. The standard InChI is InChI=1S/C21H28F3N5S/c1-13-19(17-6-5-15(30-17)12-28-8-2-3-9-28)29-11-14(4-7-18(29)27-13)16(10-25)20(26)21(22,23)24/h4-7,10-11,13,18-20,27H,2-3,8-9,12,25-26H2,1H3/b16-10-. The average Bonchev–Trinajstić information content (AvgIpc) is 3.41. The number of nitrogens with zero attached hydrogens (tertiary/aromatic N) is 2. The molecular weight excluding hydrogens is 411 g/mol. The fourth-order valence-corrected chi connectivity index (χ4v) is 5.78. The number of hydrogen-bond acceptors (Lipinski definition) is 6. The van der Waals surface area contributed by atoms with Crippen LogP contribution in [0.1, 0.15) is 35.6 Å². The van der Waals surface area contributed by atoms with E-state index in [0.717, 1.165) is 25.8 Å². The van der Waals surface area contributed by atoms with Crippen LogP contribution in [0.2, 0.25) is 0 Å². The molecule has 0 bridgehead atoms. The molecule has 0 spiro atoms. The predicted molar refractivity (Wildman–Crippen MR) is 113 cm³/mol. The van der Waals surface area contributed by atoms with Crippen molar-refractivity contribution in [1.29, 1.82) is 0 Å². The topological polar surface area (TPSA) is 70.5 Å². The number of likely N-dealkylation sites (tertiary alicyclic amines) is 1. The molecule has 4 rings (SSSR count). The lowest BCUT2D eigenvalue weighted by Gasteiger charge is -2.31. The zero-order valence-corrected chi connectivity index (χ0v) is 17.7. The molecule has 9 heteroatoms. The molecule has 30 heavy (non-hydrogen) atoms. The summed E-state index contributed by atoms with van der Waals surface area (Å²) in [6, 6.07) is 2.39. The lowest BCUT2D eigenvalue weighted by atomic mass is 9.97. The molecule has 0 amide bonds. The largest absolute Gasteiger partial charge is 0.407 e. The first kappa shape index (κ1) is 21.4. The van der Waals surface area contributed by atoms with Gasteiger partial charge in [0.05, 0.1) is 12.2 Å². The van der Waals surface area contributed by atoms with Crippen molar-refractivity contribution in [2.24, 2.45) is 11.5 Å². The Bertz CT molecular complexity index is 853. The van der Waals surface area contributed by atoms with E-state index in [9.17, 15) is 13.2 Å². The highest BCUT2D eigenvalue weighted by atomic mass is 32.1. The summed E-state index contributed by atoms with van der Waals surface area (Å²) in [5.74, 6) is 0. The number of alkyl halides is 3. The van der Waals surface area contributed by atoms with E-state index >= 15 is 0 Å². The number of allylic oxidation sites excluding steroid dienone is 1. The molecule has 0 aliphatic carbocycles. The molecule has 0 radical (unpaired) electrons. The Hall–Kier alpha value is -1.81. The first-order valence-electron chi connectivity index (χ1n) is 10.3. The lowest BCUT2D eigenvalue weighted by molar-refractivity contribution is -0.138. The molecular formula is C21H28F3N5S. The molecule has 5 N–H and O–H groups in total. The van der Waals surface area contributed by atoms with Crippen LogP contribution in [-0.4, -0.2) is 47.3 Å². The summed E-state index contributed by atoms with van der Waals surface area (Å²) >= 11 is 1.78. The minimum atomic E-state index is -4.55. The highest BCUT2D eigenvalue weighted by molar-refractivity contribution is 7.12. The van der Waals surface area contributed by atoms with Crippen LogP contribution in [-0.2, 0) is 6.54 Å². The predicted octanol–water partition coefficient (Wildman–Crippen LogP) is 3.19. The van der Waals surface area contributed by atoms with Crippen LogP contribution in [0.4, 0.5) is 13.2 Å². The van der Waals surface area contributed by atoms with E-state index in [4.69, 9.17) is 11.5 Å². The molecule has 1 aromatic rings. The monoisotopic (exact) mass is 439 g/mol. The Balaban J connectivity index is 1.57.